The van der Waals surface area contributed by atoms with Crippen molar-refractivity contribution in [1.29, 1.82) is 0 Å². The Balaban J connectivity index is 1.63. The molecule has 38 heavy (non-hydrogen) atoms. The van der Waals surface area contributed by atoms with Crippen molar-refractivity contribution in [2.45, 2.75) is 125 Å². The Morgan fingerprint density at radius 3 is 2.24 bits per heavy atom. The molecule has 0 saturated heterocycles. The maximum atomic E-state index is 12.9. The van der Waals surface area contributed by atoms with Gasteiger partial charge in [0.1, 0.15) is 6.10 Å². The molecule has 0 radical (unpaired) electrons. The SMILES string of the molecule is CC(=O)O[C@@H]1C[C@@]2(C)[C@H](CC[C@]3(C)[C@H]2CC=C2[C@H]4[C@](C(=O)O)(CC[C@@H](C)[C@@]4(C)O)CC[C@]23C)C(C)(C)[C@H]1O. The van der Waals surface area contributed by atoms with Gasteiger partial charge in [-0.05, 0) is 97.7 Å². The minimum absolute atomic E-state index is 0.0344. The smallest absolute Gasteiger partial charge is 0.310 e. The molecule has 0 unspecified atom stereocenters. The van der Waals surface area contributed by atoms with Crippen molar-refractivity contribution in [3.05, 3.63) is 11.6 Å². The maximum Gasteiger partial charge on any atom is 0.310 e. The summed E-state index contributed by atoms with van der Waals surface area (Å²) in [5.74, 6) is -0.880. The van der Waals surface area contributed by atoms with Crippen molar-refractivity contribution in [2.75, 3.05) is 0 Å². The van der Waals surface area contributed by atoms with Gasteiger partial charge in [-0.1, -0.05) is 53.2 Å². The molecule has 3 N–H and O–H groups in total. The van der Waals surface area contributed by atoms with Crippen LogP contribution in [0.4, 0.5) is 0 Å². The summed E-state index contributed by atoms with van der Waals surface area (Å²) >= 11 is 0. The molecule has 0 bridgehead atoms. The summed E-state index contributed by atoms with van der Waals surface area (Å²) in [6, 6.07) is 0. The number of fused-ring (bicyclic) bond motifs is 7. The van der Waals surface area contributed by atoms with Gasteiger partial charge in [0.05, 0.1) is 17.1 Å². The number of ether oxygens (including phenoxy) is 1. The van der Waals surface area contributed by atoms with E-state index in [0.29, 0.717) is 25.2 Å². The van der Waals surface area contributed by atoms with Gasteiger partial charge in [0, 0.05) is 12.8 Å². The molecule has 5 aliphatic rings. The van der Waals surface area contributed by atoms with Gasteiger partial charge < -0.3 is 20.1 Å². The third-order valence-electron chi connectivity index (χ3n) is 13.7. The molecule has 11 atom stereocenters. The first-order chi connectivity index (χ1) is 17.4. The van der Waals surface area contributed by atoms with Gasteiger partial charge in [0.15, 0.2) is 0 Å². The molecular weight excluding hydrogens is 480 g/mol. The number of carbonyl (C=O) groups is 2. The van der Waals surface area contributed by atoms with E-state index in [0.717, 1.165) is 32.1 Å². The first kappa shape index (κ1) is 28.1. The van der Waals surface area contributed by atoms with E-state index in [1.54, 1.807) is 0 Å². The Morgan fingerprint density at radius 2 is 1.63 bits per heavy atom. The fraction of sp³-hybridized carbons (Fsp3) is 0.875. The summed E-state index contributed by atoms with van der Waals surface area (Å²) in [4.78, 5) is 24.9. The van der Waals surface area contributed by atoms with Gasteiger partial charge in [-0.3, -0.25) is 9.59 Å². The lowest BCUT2D eigenvalue weighted by Crippen LogP contribution is -2.69. The fourth-order valence-electron chi connectivity index (χ4n) is 11.3. The highest BCUT2D eigenvalue weighted by Crippen LogP contribution is 2.76. The molecule has 214 valence electrons. The number of hydrogen-bond donors (Lipinski definition) is 3. The fourth-order valence-corrected chi connectivity index (χ4v) is 11.3. The number of esters is 1. The Bertz CT molecular complexity index is 1060. The molecule has 4 saturated carbocycles. The third-order valence-corrected chi connectivity index (χ3v) is 13.7. The van der Waals surface area contributed by atoms with Crippen molar-refractivity contribution in [3.8, 4) is 0 Å². The van der Waals surface area contributed by atoms with E-state index in [2.05, 4.69) is 47.6 Å². The quantitative estimate of drug-likeness (QED) is 0.310. The van der Waals surface area contributed by atoms with Gasteiger partial charge >= 0.3 is 11.9 Å². The van der Waals surface area contributed by atoms with Crippen LogP contribution in [0, 0.1) is 50.7 Å². The lowest BCUT2D eigenvalue weighted by atomic mass is 9.33. The highest BCUT2D eigenvalue weighted by molar-refractivity contribution is 5.77. The van der Waals surface area contributed by atoms with Crippen LogP contribution in [0.3, 0.4) is 0 Å². The summed E-state index contributed by atoms with van der Waals surface area (Å²) in [6.45, 7) is 16.8. The lowest BCUT2D eigenvalue weighted by Gasteiger charge is -2.72. The topological polar surface area (TPSA) is 104 Å². The standard InChI is InChI=1S/C32H50O6/c1-18-11-14-32(26(35)36)16-15-29(6)20(24(32)31(18,8)37)9-10-23-28(5)17-21(38-19(2)33)25(34)27(3,4)22(28)12-13-30(23,29)7/h9,18,21-25,34,37H,10-17H2,1-8H3,(H,35,36)/t18-,21-,22-,23+,24-,25+,28+,29-,30-,31-,32+/m1/s1. The van der Waals surface area contributed by atoms with Gasteiger partial charge in [0.2, 0.25) is 0 Å². The monoisotopic (exact) mass is 530 g/mol. The molecule has 0 aliphatic heterocycles. The zero-order valence-electron chi connectivity index (χ0n) is 24.8. The molecule has 6 heteroatoms. The Kier molecular flexibility index (Phi) is 6.16. The molecule has 0 aromatic heterocycles. The lowest BCUT2D eigenvalue weighted by molar-refractivity contribution is -0.241. The van der Waals surface area contributed by atoms with Crippen molar-refractivity contribution < 1.29 is 29.6 Å². The van der Waals surface area contributed by atoms with Crippen LogP contribution in [0.25, 0.3) is 0 Å². The molecular formula is C32H50O6. The number of aliphatic hydroxyl groups excluding tert-OH is 1. The number of aliphatic carboxylic acids is 1. The summed E-state index contributed by atoms with van der Waals surface area (Å²) in [5, 5.41) is 33.9. The predicted molar refractivity (Wildman–Crippen MR) is 145 cm³/mol. The molecule has 6 nitrogen and oxygen atoms in total. The van der Waals surface area contributed by atoms with Crippen molar-refractivity contribution in [2.24, 2.45) is 50.7 Å². The Hall–Kier alpha value is -1.40. The molecule has 5 rings (SSSR count). The number of carbonyl (C=O) groups excluding carboxylic acids is 1. The Labute approximate surface area is 228 Å². The molecule has 0 spiro atoms. The highest BCUT2D eigenvalue weighted by Gasteiger charge is 2.72. The average Bonchev–Trinajstić information content (AvgIpc) is 2.79. The normalized spacial score (nSPS) is 53.4. The van der Waals surface area contributed by atoms with E-state index < -0.39 is 40.5 Å². The molecule has 0 aromatic carbocycles. The highest BCUT2D eigenvalue weighted by atomic mass is 16.6. The second kappa shape index (κ2) is 8.31. The number of hydrogen-bond acceptors (Lipinski definition) is 5. The van der Waals surface area contributed by atoms with Crippen LogP contribution in [0.1, 0.15) is 107 Å². The van der Waals surface area contributed by atoms with Crippen molar-refractivity contribution >= 4 is 11.9 Å². The van der Waals surface area contributed by atoms with Gasteiger partial charge in [0.25, 0.3) is 0 Å². The number of rotatable bonds is 2. The van der Waals surface area contributed by atoms with E-state index >= 15 is 0 Å². The van der Waals surface area contributed by atoms with Crippen LogP contribution in [0.5, 0.6) is 0 Å². The van der Waals surface area contributed by atoms with Gasteiger partial charge in [-0.15, -0.1) is 0 Å². The number of carboxylic acids is 1. The molecule has 0 aromatic rings. The van der Waals surface area contributed by atoms with Crippen LogP contribution < -0.4 is 0 Å². The summed E-state index contributed by atoms with van der Waals surface area (Å²) < 4.78 is 5.74. The number of allylic oxidation sites excluding steroid dienone is 1. The first-order valence-electron chi connectivity index (χ1n) is 14.9. The summed E-state index contributed by atoms with van der Waals surface area (Å²) in [5.41, 5.74) is -1.68. The van der Waals surface area contributed by atoms with Crippen LogP contribution in [0.15, 0.2) is 11.6 Å². The van der Waals surface area contributed by atoms with Crippen LogP contribution in [-0.2, 0) is 14.3 Å². The maximum absolute atomic E-state index is 12.9. The van der Waals surface area contributed by atoms with Crippen molar-refractivity contribution in [3.63, 3.8) is 0 Å². The van der Waals surface area contributed by atoms with E-state index in [1.807, 2.05) is 6.92 Å². The van der Waals surface area contributed by atoms with Gasteiger partial charge in [-0.2, -0.15) is 0 Å². The average molecular weight is 531 g/mol. The second-order valence-electron chi connectivity index (χ2n) is 15.5. The van der Waals surface area contributed by atoms with Crippen LogP contribution >= 0.6 is 0 Å². The van der Waals surface area contributed by atoms with Crippen molar-refractivity contribution in [1.82, 2.24) is 0 Å². The predicted octanol–water partition coefficient (Wildman–Crippen LogP) is 5.75. The second-order valence-corrected chi connectivity index (χ2v) is 15.5. The first-order valence-corrected chi connectivity index (χ1v) is 14.9. The van der Waals surface area contributed by atoms with E-state index in [4.69, 9.17) is 4.74 Å². The minimum Gasteiger partial charge on any atom is -0.481 e. The van der Waals surface area contributed by atoms with E-state index in [9.17, 15) is 24.9 Å². The molecule has 5 aliphatic carbocycles. The zero-order valence-corrected chi connectivity index (χ0v) is 24.8. The summed E-state index contributed by atoms with van der Waals surface area (Å²) in [6.07, 6.45) is 7.28. The molecule has 0 amide bonds. The molecule has 4 fully saturated rings. The third kappa shape index (κ3) is 3.31. The van der Waals surface area contributed by atoms with E-state index in [-0.39, 0.29) is 34.1 Å². The van der Waals surface area contributed by atoms with Gasteiger partial charge in [-0.25, -0.2) is 0 Å². The summed E-state index contributed by atoms with van der Waals surface area (Å²) in [7, 11) is 0. The largest absolute Gasteiger partial charge is 0.481 e. The molecule has 0 heterocycles. The van der Waals surface area contributed by atoms with E-state index in [1.165, 1.54) is 12.5 Å². The zero-order chi connectivity index (χ0) is 28.3. The number of carboxylic acid groups (broad SMARTS) is 1. The number of aliphatic hydroxyl groups is 2. The van der Waals surface area contributed by atoms with Crippen LogP contribution in [0.2, 0.25) is 0 Å². The van der Waals surface area contributed by atoms with Crippen LogP contribution in [-0.4, -0.2) is 45.1 Å². The minimum atomic E-state index is -1.08. The Morgan fingerprint density at radius 1 is 0.974 bits per heavy atom.